The van der Waals surface area contributed by atoms with Crippen molar-refractivity contribution in [1.29, 1.82) is 0 Å². The average molecular weight is 1030 g/mol. The number of hydrogen-bond acceptors (Lipinski definition) is 1. The summed E-state index contributed by atoms with van der Waals surface area (Å²) < 4.78 is 0. The fourth-order valence-corrected chi connectivity index (χ4v) is 14.1. The predicted molar refractivity (Wildman–Crippen MR) is 351 cm³/mol. The van der Waals surface area contributed by atoms with Crippen LogP contribution in [0.3, 0.4) is 0 Å². The van der Waals surface area contributed by atoms with Crippen LogP contribution in [0.25, 0.3) is 141 Å². The van der Waals surface area contributed by atoms with Gasteiger partial charge in [0.15, 0.2) is 0 Å². The van der Waals surface area contributed by atoms with E-state index >= 15 is 0 Å². The van der Waals surface area contributed by atoms with Gasteiger partial charge in [-0.15, -0.1) is 0 Å². The lowest BCUT2D eigenvalue weighted by Gasteiger charge is -2.27. The molecule has 16 rings (SSSR count). The van der Waals surface area contributed by atoms with E-state index in [1.54, 1.807) is 0 Å². The van der Waals surface area contributed by atoms with Gasteiger partial charge in [0.05, 0.1) is 5.69 Å². The first-order valence-electron chi connectivity index (χ1n) is 28.7. The van der Waals surface area contributed by atoms with E-state index in [9.17, 15) is 0 Å². The van der Waals surface area contributed by atoms with Crippen LogP contribution < -0.4 is 4.90 Å². The molecule has 384 valence electrons. The molecule has 0 amide bonds. The first-order chi connectivity index (χ1) is 39.5. The van der Waals surface area contributed by atoms with Crippen molar-refractivity contribution in [2.45, 2.75) is 52.4 Å². The molecule has 16 aromatic carbocycles. The fraction of sp³-hybridized carbons (Fsp3) is 0.100. The standard InChI is InChI=1S/C80H59N/c1-79(2,3)55-34-26-48(27-35-55)50-30-38-57(39-31-50)81(58-40-32-51(33-41-58)49-28-36-56(37-29-49)80(4,5)6)68-47-46-65-72-63(68)24-15-25-64(72)75-70(53-16-9-7-10-17-53)77-66-44-42-61-59-22-13-20-52-21-14-23-60(69(52)59)62-43-45-67(74(66)73(61)62)78(77)71(76(65)75)54-18-11-8-12-19-54/h7-47H,1-6H3. The van der Waals surface area contributed by atoms with E-state index in [-0.39, 0.29) is 10.8 Å². The van der Waals surface area contributed by atoms with Gasteiger partial charge in [0.2, 0.25) is 0 Å². The molecule has 0 saturated heterocycles. The maximum Gasteiger partial charge on any atom is 0.0540 e. The first-order valence-corrected chi connectivity index (χ1v) is 28.7. The number of hydrogen-bond donors (Lipinski definition) is 0. The lowest BCUT2D eigenvalue weighted by Crippen LogP contribution is -2.11. The Morgan fingerprint density at radius 1 is 0.222 bits per heavy atom. The van der Waals surface area contributed by atoms with E-state index in [1.165, 1.54) is 153 Å². The third kappa shape index (κ3) is 7.11. The van der Waals surface area contributed by atoms with E-state index < -0.39 is 0 Å². The smallest absolute Gasteiger partial charge is 0.0540 e. The highest BCUT2D eigenvalue weighted by molar-refractivity contribution is 6.49. The van der Waals surface area contributed by atoms with Crippen LogP contribution in [0.1, 0.15) is 52.7 Å². The summed E-state index contributed by atoms with van der Waals surface area (Å²) in [5, 5.41) is 23.5. The van der Waals surface area contributed by atoms with Crippen molar-refractivity contribution in [2.75, 3.05) is 4.90 Å². The molecule has 0 aliphatic heterocycles. The van der Waals surface area contributed by atoms with Crippen molar-refractivity contribution in [3.05, 3.63) is 260 Å². The molecule has 0 aliphatic carbocycles. The van der Waals surface area contributed by atoms with E-state index in [1.807, 2.05) is 0 Å². The Bertz CT molecular complexity index is 4820. The van der Waals surface area contributed by atoms with Gasteiger partial charge < -0.3 is 4.90 Å². The highest BCUT2D eigenvalue weighted by Gasteiger charge is 2.30. The quantitative estimate of drug-likeness (QED) is 0.114. The number of fused-ring (bicyclic) bond motifs is 8. The molecule has 81 heavy (non-hydrogen) atoms. The minimum atomic E-state index is 0.0893. The van der Waals surface area contributed by atoms with Crippen molar-refractivity contribution in [3.63, 3.8) is 0 Å². The summed E-state index contributed by atoms with van der Waals surface area (Å²) in [4.78, 5) is 2.48. The zero-order chi connectivity index (χ0) is 54.5. The molecular weight excluding hydrogens is 975 g/mol. The highest BCUT2D eigenvalue weighted by Crippen LogP contribution is 2.58. The Labute approximate surface area is 473 Å². The van der Waals surface area contributed by atoms with Crippen LogP contribution in [-0.4, -0.2) is 0 Å². The molecule has 0 fully saturated rings. The van der Waals surface area contributed by atoms with Gasteiger partial charge in [0, 0.05) is 16.8 Å². The Hall–Kier alpha value is -9.56. The molecule has 0 unspecified atom stereocenters. The molecule has 0 atom stereocenters. The fourth-order valence-electron chi connectivity index (χ4n) is 14.1. The van der Waals surface area contributed by atoms with Crippen molar-refractivity contribution in [3.8, 4) is 44.5 Å². The molecule has 0 aliphatic rings. The zero-order valence-electron chi connectivity index (χ0n) is 46.6. The summed E-state index contributed by atoms with van der Waals surface area (Å²) in [6, 6.07) is 94.4. The van der Waals surface area contributed by atoms with Crippen LogP contribution in [-0.2, 0) is 10.8 Å². The average Bonchev–Trinajstić information content (AvgIpc) is 2.19. The van der Waals surface area contributed by atoms with Gasteiger partial charge in [0.25, 0.3) is 0 Å². The number of benzene rings is 14. The molecule has 0 bridgehead atoms. The molecular formula is C80H59N. The molecule has 1 heteroatoms. The Balaban J connectivity index is 0.976. The van der Waals surface area contributed by atoms with Crippen LogP contribution in [0.2, 0.25) is 0 Å². The van der Waals surface area contributed by atoms with Gasteiger partial charge in [-0.05, 0) is 188 Å². The summed E-state index contributed by atoms with van der Waals surface area (Å²) in [5.41, 5.74) is 16.1. The van der Waals surface area contributed by atoms with Gasteiger partial charge in [-0.1, -0.05) is 260 Å². The van der Waals surface area contributed by atoms with Gasteiger partial charge in [0.1, 0.15) is 0 Å². The van der Waals surface area contributed by atoms with Gasteiger partial charge in [-0.25, -0.2) is 0 Å². The Kier molecular flexibility index (Phi) is 10.2. The van der Waals surface area contributed by atoms with Crippen molar-refractivity contribution in [2.24, 2.45) is 0 Å². The molecule has 0 N–H and O–H groups in total. The summed E-state index contributed by atoms with van der Waals surface area (Å²) in [6.07, 6.45) is 0. The number of anilines is 3. The van der Waals surface area contributed by atoms with Gasteiger partial charge in [-0.2, -0.15) is 0 Å². The van der Waals surface area contributed by atoms with Crippen LogP contribution in [0.4, 0.5) is 17.1 Å². The maximum atomic E-state index is 2.48. The second-order valence-electron chi connectivity index (χ2n) is 24.7. The minimum Gasteiger partial charge on any atom is -0.310 e. The number of nitrogens with zero attached hydrogens (tertiary/aromatic N) is 1. The summed E-state index contributed by atoms with van der Waals surface area (Å²) in [5.74, 6) is 0. The van der Waals surface area contributed by atoms with E-state index in [4.69, 9.17) is 0 Å². The molecule has 0 saturated carbocycles. The van der Waals surface area contributed by atoms with Crippen LogP contribution >= 0.6 is 0 Å². The lowest BCUT2D eigenvalue weighted by molar-refractivity contribution is 0.590. The molecule has 1 nitrogen and oxygen atoms in total. The summed E-state index contributed by atoms with van der Waals surface area (Å²) in [7, 11) is 0. The second-order valence-corrected chi connectivity index (χ2v) is 24.7. The Morgan fingerprint density at radius 2 is 0.556 bits per heavy atom. The van der Waals surface area contributed by atoms with E-state index in [0.29, 0.717) is 0 Å². The SMILES string of the molecule is CC(C)(C)c1ccc(-c2ccc(N(c3ccc(-c4ccc(C(C)(C)C)cc4)cc3)c3ccc4c5c(-c6ccccc6)c6c7ccc8c9cccc%10cccc(c%11ccc(c6c(-c6ccccc6)c5c5cccc3c54)c7c%118)c%109)cc2)cc1. The van der Waals surface area contributed by atoms with Crippen LogP contribution in [0.5, 0.6) is 0 Å². The normalized spacial score (nSPS) is 12.6. The lowest BCUT2D eigenvalue weighted by atomic mass is 9.86. The van der Waals surface area contributed by atoms with Crippen molar-refractivity contribution >= 4 is 114 Å². The largest absolute Gasteiger partial charge is 0.310 e. The summed E-state index contributed by atoms with van der Waals surface area (Å²) in [6.45, 7) is 13.7. The predicted octanol–water partition coefficient (Wildman–Crippen LogP) is 23.1. The van der Waals surface area contributed by atoms with Crippen molar-refractivity contribution < 1.29 is 0 Å². The van der Waals surface area contributed by atoms with Crippen molar-refractivity contribution in [1.82, 2.24) is 0 Å². The monoisotopic (exact) mass is 1030 g/mol. The van der Waals surface area contributed by atoms with Crippen LogP contribution in [0, 0.1) is 0 Å². The molecule has 0 spiro atoms. The summed E-state index contributed by atoms with van der Waals surface area (Å²) >= 11 is 0. The second kappa shape index (κ2) is 17.5. The molecule has 16 aromatic rings. The van der Waals surface area contributed by atoms with Gasteiger partial charge >= 0.3 is 0 Å². The van der Waals surface area contributed by atoms with Crippen LogP contribution in [0.15, 0.2) is 249 Å². The number of rotatable bonds is 7. The van der Waals surface area contributed by atoms with E-state index in [2.05, 4.69) is 295 Å². The Morgan fingerprint density at radius 3 is 1.00 bits per heavy atom. The van der Waals surface area contributed by atoms with Gasteiger partial charge in [-0.3, -0.25) is 0 Å². The highest BCUT2D eigenvalue weighted by atomic mass is 15.1. The third-order valence-corrected chi connectivity index (χ3v) is 18.0. The first kappa shape index (κ1) is 47.4. The zero-order valence-corrected chi connectivity index (χ0v) is 46.6. The topological polar surface area (TPSA) is 3.24 Å². The third-order valence-electron chi connectivity index (χ3n) is 18.0. The maximum absolute atomic E-state index is 2.48. The minimum absolute atomic E-state index is 0.0893. The van der Waals surface area contributed by atoms with E-state index in [0.717, 1.165) is 17.1 Å². The molecule has 0 aromatic heterocycles. The molecule has 0 radical (unpaired) electrons. The molecule has 0 heterocycles.